The molecule has 2 heterocycles. The van der Waals surface area contributed by atoms with Gasteiger partial charge in [0.15, 0.2) is 0 Å². The molecule has 144 valence electrons. The van der Waals surface area contributed by atoms with Crippen molar-refractivity contribution < 1.29 is 13.9 Å². The van der Waals surface area contributed by atoms with Gasteiger partial charge in [-0.05, 0) is 44.2 Å². The zero-order valence-corrected chi connectivity index (χ0v) is 15.9. The molecule has 2 aromatic carbocycles. The van der Waals surface area contributed by atoms with Crippen LogP contribution >= 0.6 is 0 Å². The van der Waals surface area contributed by atoms with Crippen LogP contribution in [-0.4, -0.2) is 45.9 Å². The second-order valence-electron chi connectivity index (χ2n) is 7.14. The number of hydrogen-bond donors (Lipinski definition) is 0. The molecule has 0 bridgehead atoms. The molecule has 28 heavy (non-hydrogen) atoms. The van der Waals surface area contributed by atoms with E-state index in [1.165, 1.54) is 12.1 Å². The highest BCUT2D eigenvalue weighted by atomic mass is 19.1. The van der Waals surface area contributed by atoms with Gasteiger partial charge in [0.25, 0.3) is 5.91 Å². The maximum Gasteiger partial charge on any atom is 0.272 e. The molecule has 1 fully saturated rings. The van der Waals surface area contributed by atoms with Crippen LogP contribution in [0, 0.1) is 5.82 Å². The second-order valence-corrected chi connectivity index (χ2v) is 7.14. The van der Waals surface area contributed by atoms with E-state index in [9.17, 15) is 9.18 Å². The highest BCUT2D eigenvalue weighted by Crippen LogP contribution is 2.24. The van der Waals surface area contributed by atoms with Gasteiger partial charge < -0.3 is 9.64 Å². The predicted octanol–water partition coefficient (Wildman–Crippen LogP) is 3.93. The number of hydrogen-bond acceptors (Lipinski definition) is 3. The first-order valence-electron chi connectivity index (χ1n) is 9.37. The first-order valence-corrected chi connectivity index (χ1v) is 9.37. The maximum atomic E-state index is 13.4. The van der Waals surface area contributed by atoms with Crippen molar-refractivity contribution in [3.8, 4) is 16.9 Å². The van der Waals surface area contributed by atoms with Gasteiger partial charge in [-0.15, -0.1) is 0 Å². The van der Waals surface area contributed by atoms with Gasteiger partial charge in [-0.1, -0.05) is 30.3 Å². The number of nitrogens with zero attached hydrogens (tertiary/aromatic N) is 3. The number of ether oxygens (including phenoxy) is 1. The second kappa shape index (κ2) is 7.56. The van der Waals surface area contributed by atoms with Crippen LogP contribution in [0.15, 0.2) is 60.7 Å². The first-order chi connectivity index (χ1) is 13.5. The largest absolute Gasteiger partial charge is 0.372 e. The lowest BCUT2D eigenvalue weighted by molar-refractivity contribution is -0.0588. The molecule has 5 nitrogen and oxygen atoms in total. The van der Waals surface area contributed by atoms with Gasteiger partial charge >= 0.3 is 0 Å². The van der Waals surface area contributed by atoms with Crippen LogP contribution < -0.4 is 0 Å². The van der Waals surface area contributed by atoms with Crippen LogP contribution in [0.3, 0.4) is 0 Å². The highest BCUT2D eigenvalue weighted by Gasteiger charge is 2.29. The van der Waals surface area contributed by atoms with Crippen LogP contribution in [-0.2, 0) is 4.74 Å². The number of amides is 1. The van der Waals surface area contributed by atoms with Crippen molar-refractivity contribution in [2.75, 3.05) is 13.1 Å². The fourth-order valence-corrected chi connectivity index (χ4v) is 3.57. The average Bonchev–Trinajstić information content (AvgIpc) is 3.13. The van der Waals surface area contributed by atoms with Crippen LogP contribution in [0.4, 0.5) is 4.39 Å². The minimum Gasteiger partial charge on any atom is -0.372 e. The normalized spacial score (nSPS) is 19.6. The summed E-state index contributed by atoms with van der Waals surface area (Å²) in [5, 5.41) is 4.65. The summed E-state index contributed by atoms with van der Waals surface area (Å²) in [5.41, 5.74) is 2.71. The Bertz CT molecular complexity index is 959. The number of rotatable bonds is 3. The lowest BCUT2D eigenvalue weighted by atomic mass is 10.1. The summed E-state index contributed by atoms with van der Waals surface area (Å²) in [5.74, 6) is -0.441. The molecule has 6 heteroatoms. The van der Waals surface area contributed by atoms with E-state index in [4.69, 9.17) is 4.74 Å². The Hall–Kier alpha value is -2.99. The topological polar surface area (TPSA) is 47.4 Å². The van der Waals surface area contributed by atoms with Crippen molar-refractivity contribution in [1.29, 1.82) is 0 Å². The van der Waals surface area contributed by atoms with Crippen molar-refractivity contribution in [3.05, 3.63) is 72.2 Å². The van der Waals surface area contributed by atoms with Gasteiger partial charge in [0.05, 0.1) is 23.6 Å². The summed E-state index contributed by atoms with van der Waals surface area (Å²) in [6, 6.07) is 17.5. The van der Waals surface area contributed by atoms with Crippen LogP contribution in [0.25, 0.3) is 16.9 Å². The Morgan fingerprint density at radius 1 is 1.04 bits per heavy atom. The standard InChI is InChI=1S/C22H22FN3O2/c1-15-13-25(14-16(2)28-15)22(27)21-12-20(17-6-4-3-5-7-17)24-26(21)19-10-8-18(23)9-11-19/h3-12,15-16H,13-14H2,1-2H3. The van der Waals surface area contributed by atoms with E-state index in [2.05, 4.69) is 5.10 Å². The summed E-state index contributed by atoms with van der Waals surface area (Å²) in [7, 11) is 0. The number of morpholine rings is 1. The van der Waals surface area contributed by atoms with Gasteiger partial charge in [-0.25, -0.2) is 9.07 Å². The van der Waals surface area contributed by atoms with Gasteiger partial charge in [-0.3, -0.25) is 4.79 Å². The third-order valence-electron chi connectivity index (χ3n) is 4.78. The minimum atomic E-state index is -0.331. The molecule has 1 aromatic heterocycles. The monoisotopic (exact) mass is 379 g/mol. The number of benzene rings is 2. The van der Waals surface area contributed by atoms with Gasteiger partial charge in [-0.2, -0.15) is 5.10 Å². The van der Waals surface area contributed by atoms with Crippen molar-refractivity contribution in [2.24, 2.45) is 0 Å². The molecule has 4 rings (SSSR count). The SMILES string of the molecule is CC1CN(C(=O)c2cc(-c3ccccc3)nn2-c2ccc(F)cc2)CC(C)O1. The van der Waals surface area contributed by atoms with E-state index in [1.807, 2.05) is 44.2 Å². The quantitative estimate of drug-likeness (QED) is 0.693. The first kappa shape index (κ1) is 18.4. The van der Waals surface area contributed by atoms with Crippen molar-refractivity contribution >= 4 is 5.91 Å². The molecule has 0 radical (unpaired) electrons. The molecule has 1 amide bonds. The van der Waals surface area contributed by atoms with Gasteiger partial charge in [0.2, 0.25) is 0 Å². The zero-order chi connectivity index (χ0) is 19.7. The third kappa shape index (κ3) is 3.68. The zero-order valence-electron chi connectivity index (χ0n) is 15.9. The van der Waals surface area contributed by atoms with Crippen LogP contribution in [0.5, 0.6) is 0 Å². The summed E-state index contributed by atoms with van der Waals surface area (Å²) in [4.78, 5) is 15.1. The van der Waals surface area contributed by atoms with Crippen molar-refractivity contribution in [1.82, 2.24) is 14.7 Å². The number of carbonyl (C=O) groups excluding carboxylic acids is 1. The molecule has 0 N–H and O–H groups in total. The lowest BCUT2D eigenvalue weighted by Gasteiger charge is -2.35. The molecular formula is C22H22FN3O2. The summed E-state index contributed by atoms with van der Waals surface area (Å²) in [6.07, 6.45) is -0.0491. The van der Waals surface area contributed by atoms with Crippen LogP contribution in [0.1, 0.15) is 24.3 Å². The fraction of sp³-hybridized carbons (Fsp3) is 0.273. The highest BCUT2D eigenvalue weighted by molar-refractivity contribution is 5.94. The van der Waals surface area contributed by atoms with E-state index in [0.29, 0.717) is 30.2 Å². The Labute approximate surface area is 163 Å². The maximum absolute atomic E-state index is 13.4. The van der Waals surface area contributed by atoms with E-state index >= 15 is 0 Å². The number of halogens is 1. The van der Waals surface area contributed by atoms with Crippen LogP contribution in [0.2, 0.25) is 0 Å². The van der Waals surface area contributed by atoms with E-state index in [0.717, 1.165) is 5.56 Å². The molecule has 1 aliphatic rings. The minimum absolute atomic E-state index is 0.0245. The van der Waals surface area contributed by atoms with Crippen molar-refractivity contribution in [3.63, 3.8) is 0 Å². The molecule has 1 saturated heterocycles. The van der Waals surface area contributed by atoms with E-state index in [-0.39, 0.29) is 23.9 Å². The predicted molar refractivity (Wildman–Crippen MR) is 105 cm³/mol. The van der Waals surface area contributed by atoms with E-state index in [1.54, 1.807) is 27.8 Å². The molecule has 1 aliphatic heterocycles. The average molecular weight is 379 g/mol. The molecule has 2 unspecified atom stereocenters. The smallest absolute Gasteiger partial charge is 0.272 e. The lowest BCUT2D eigenvalue weighted by Crippen LogP contribution is -2.48. The Morgan fingerprint density at radius 3 is 2.32 bits per heavy atom. The molecule has 0 saturated carbocycles. The Morgan fingerprint density at radius 2 is 1.68 bits per heavy atom. The summed E-state index contributed by atoms with van der Waals surface area (Å²) < 4.78 is 20.7. The van der Waals surface area contributed by atoms with Gasteiger partial charge in [0.1, 0.15) is 11.5 Å². The number of carbonyl (C=O) groups is 1. The molecule has 2 atom stereocenters. The van der Waals surface area contributed by atoms with Crippen molar-refractivity contribution in [2.45, 2.75) is 26.1 Å². The summed E-state index contributed by atoms with van der Waals surface area (Å²) in [6.45, 7) is 4.97. The Kier molecular flexibility index (Phi) is 4.96. The third-order valence-corrected chi connectivity index (χ3v) is 4.78. The Balaban J connectivity index is 1.77. The van der Waals surface area contributed by atoms with Gasteiger partial charge in [0, 0.05) is 18.7 Å². The summed E-state index contributed by atoms with van der Waals surface area (Å²) >= 11 is 0. The molecule has 3 aromatic rings. The molecular weight excluding hydrogens is 357 g/mol. The van der Waals surface area contributed by atoms with E-state index < -0.39 is 0 Å². The fourth-order valence-electron chi connectivity index (χ4n) is 3.57. The molecule has 0 spiro atoms. The number of aromatic nitrogens is 2. The molecule has 0 aliphatic carbocycles.